The van der Waals surface area contributed by atoms with E-state index in [9.17, 15) is 9.59 Å². The van der Waals surface area contributed by atoms with Crippen molar-refractivity contribution in [1.29, 1.82) is 0 Å². The van der Waals surface area contributed by atoms with Crippen LogP contribution in [-0.4, -0.2) is 42.0 Å². The third-order valence-electron chi connectivity index (χ3n) is 4.80. The summed E-state index contributed by atoms with van der Waals surface area (Å²) in [7, 11) is 0. The molecule has 0 aromatic heterocycles. The number of hydrogen-bond donors (Lipinski definition) is 3. The minimum atomic E-state index is -0.397. The molecule has 1 aromatic rings. The quantitative estimate of drug-likeness (QED) is 0.695. The number of rotatable bonds is 7. The molecule has 6 heteroatoms. The SMILES string of the molecule is CC(C)CC(C)(CN)NC(=O)CCNC(=O)N1CCc2ccccc2C1. The fourth-order valence-corrected chi connectivity index (χ4v) is 3.55. The second kappa shape index (κ2) is 9.03. The van der Waals surface area contributed by atoms with Gasteiger partial charge >= 0.3 is 6.03 Å². The van der Waals surface area contributed by atoms with Gasteiger partial charge in [-0.1, -0.05) is 38.1 Å². The average molecular weight is 361 g/mol. The molecule has 1 unspecified atom stereocenters. The molecule has 3 amide bonds. The number of hydrogen-bond acceptors (Lipinski definition) is 3. The average Bonchev–Trinajstić information content (AvgIpc) is 2.60. The van der Waals surface area contributed by atoms with Gasteiger partial charge in [0, 0.05) is 38.1 Å². The standard InChI is InChI=1S/C20H32N4O2/c1-15(2)12-20(3,14-21)23-18(25)8-10-22-19(26)24-11-9-16-6-4-5-7-17(16)13-24/h4-7,15H,8-14,21H2,1-3H3,(H,22,26)(H,23,25). The van der Waals surface area contributed by atoms with E-state index in [0.717, 1.165) is 12.8 Å². The molecule has 4 N–H and O–H groups in total. The van der Waals surface area contributed by atoms with Gasteiger partial charge in [-0.05, 0) is 36.8 Å². The summed E-state index contributed by atoms with van der Waals surface area (Å²) in [6.45, 7) is 8.23. The molecule has 1 aromatic carbocycles. The smallest absolute Gasteiger partial charge is 0.317 e. The van der Waals surface area contributed by atoms with Crippen molar-refractivity contribution < 1.29 is 9.59 Å². The molecular formula is C20H32N4O2. The van der Waals surface area contributed by atoms with Crippen molar-refractivity contribution in [3.63, 3.8) is 0 Å². The Balaban J connectivity index is 1.75. The van der Waals surface area contributed by atoms with Gasteiger partial charge in [0.1, 0.15) is 0 Å². The minimum Gasteiger partial charge on any atom is -0.350 e. The van der Waals surface area contributed by atoms with Crippen molar-refractivity contribution in [2.24, 2.45) is 11.7 Å². The van der Waals surface area contributed by atoms with Crippen LogP contribution in [0.3, 0.4) is 0 Å². The van der Waals surface area contributed by atoms with Gasteiger partial charge in [0.05, 0.1) is 0 Å². The maximum atomic E-state index is 12.3. The molecule has 0 saturated carbocycles. The largest absolute Gasteiger partial charge is 0.350 e. The summed E-state index contributed by atoms with van der Waals surface area (Å²) in [5, 5.41) is 5.87. The van der Waals surface area contributed by atoms with Gasteiger partial charge in [0.2, 0.25) is 5.91 Å². The van der Waals surface area contributed by atoms with E-state index >= 15 is 0 Å². The molecular weight excluding hydrogens is 328 g/mol. The van der Waals surface area contributed by atoms with Crippen LogP contribution in [0.4, 0.5) is 4.79 Å². The maximum absolute atomic E-state index is 12.3. The van der Waals surface area contributed by atoms with Gasteiger partial charge < -0.3 is 21.3 Å². The molecule has 0 spiro atoms. The van der Waals surface area contributed by atoms with Crippen molar-refractivity contribution in [2.75, 3.05) is 19.6 Å². The molecule has 0 radical (unpaired) electrons. The molecule has 6 nitrogen and oxygen atoms in total. The molecule has 1 atom stereocenters. The number of amides is 3. The summed E-state index contributed by atoms with van der Waals surface area (Å²) in [5.41, 5.74) is 7.93. The van der Waals surface area contributed by atoms with Crippen molar-refractivity contribution in [1.82, 2.24) is 15.5 Å². The first kappa shape index (κ1) is 20.2. The predicted molar refractivity (Wildman–Crippen MR) is 104 cm³/mol. The van der Waals surface area contributed by atoms with E-state index in [-0.39, 0.29) is 18.4 Å². The van der Waals surface area contributed by atoms with Crippen LogP contribution in [0.25, 0.3) is 0 Å². The lowest BCUT2D eigenvalue weighted by Crippen LogP contribution is -2.52. The van der Waals surface area contributed by atoms with Crippen LogP contribution in [0.2, 0.25) is 0 Å². The normalized spacial score (nSPS) is 16.0. The lowest BCUT2D eigenvalue weighted by Gasteiger charge is -2.31. The zero-order valence-corrected chi connectivity index (χ0v) is 16.2. The number of nitrogens with two attached hydrogens (primary N) is 1. The third-order valence-corrected chi connectivity index (χ3v) is 4.80. The monoisotopic (exact) mass is 360 g/mol. The van der Waals surface area contributed by atoms with Crippen molar-refractivity contribution in [3.8, 4) is 0 Å². The fourth-order valence-electron chi connectivity index (χ4n) is 3.55. The van der Waals surface area contributed by atoms with Gasteiger partial charge in [-0.3, -0.25) is 4.79 Å². The summed E-state index contributed by atoms with van der Waals surface area (Å²) < 4.78 is 0. The summed E-state index contributed by atoms with van der Waals surface area (Å²) in [5.74, 6) is 0.369. The van der Waals surface area contributed by atoms with Crippen LogP contribution in [0, 0.1) is 5.92 Å². The van der Waals surface area contributed by atoms with E-state index in [2.05, 4.69) is 36.6 Å². The summed E-state index contributed by atoms with van der Waals surface area (Å²) >= 11 is 0. The lowest BCUT2D eigenvalue weighted by molar-refractivity contribution is -0.122. The molecule has 2 rings (SSSR count). The van der Waals surface area contributed by atoms with E-state index in [1.165, 1.54) is 11.1 Å². The maximum Gasteiger partial charge on any atom is 0.317 e. The van der Waals surface area contributed by atoms with E-state index in [1.54, 1.807) is 4.90 Å². The van der Waals surface area contributed by atoms with Gasteiger partial charge in [-0.2, -0.15) is 0 Å². The van der Waals surface area contributed by atoms with Crippen LogP contribution in [0.5, 0.6) is 0 Å². The Morgan fingerprint density at radius 2 is 1.96 bits per heavy atom. The van der Waals surface area contributed by atoms with E-state index in [4.69, 9.17) is 5.73 Å². The van der Waals surface area contributed by atoms with Crippen LogP contribution >= 0.6 is 0 Å². The number of benzene rings is 1. The Morgan fingerprint density at radius 1 is 1.27 bits per heavy atom. The summed E-state index contributed by atoms with van der Waals surface area (Å²) in [6, 6.07) is 8.08. The molecule has 0 bridgehead atoms. The first-order valence-corrected chi connectivity index (χ1v) is 9.43. The number of carbonyl (C=O) groups is 2. The van der Waals surface area contributed by atoms with Gasteiger partial charge in [-0.15, -0.1) is 0 Å². The highest BCUT2D eigenvalue weighted by atomic mass is 16.2. The third kappa shape index (κ3) is 5.73. The highest BCUT2D eigenvalue weighted by Crippen LogP contribution is 2.18. The predicted octanol–water partition coefficient (Wildman–Crippen LogP) is 2.02. The number of carbonyl (C=O) groups excluding carboxylic acids is 2. The summed E-state index contributed by atoms with van der Waals surface area (Å²) in [4.78, 5) is 26.3. The number of fused-ring (bicyclic) bond motifs is 1. The van der Waals surface area contributed by atoms with Crippen LogP contribution < -0.4 is 16.4 Å². The Kier molecular flexibility index (Phi) is 7.03. The summed E-state index contributed by atoms with van der Waals surface area (Å²) in [6.07, 6.45) is 1.95. The molecule has 1 aliphatic rings. The number of nitrogens with one attached hydrogen (secondary N) is 2. The Labute approximate surface area is 156 Å². The van der Waals surface area contributed by atoms with E-state index in [0.29, 0.717) is 32.1 Å². The molecule has 0 saturated heterocycles. The number of urea groups is 1. The number of nitrogens with zero attached hydrogens (tertiary/aromatic N) is 1. The second-order valence-electron chi connectivity index (χ2n) is 7.83. The van der Waals surface area contributed by atoms with Crippen LogP contribution in [0.15, 0.2) is 24.3 Å². The first-order valence-electron chi connectivity index (χ1n) is 9.43. The zero-order chi connectivity index (χ0) is 19.2. The topological polar surface area (TPSA) is 87.5 Å². The lowest BCUT2D eigenvalue weighted by atomic mass is 9.90. The highest BCUT2D eigenvalue weighted by Gasteiger charge is 2.26. The van der Waals surface area contributed by atoms with Gasteiger partial charge in [-0.25, -0.2) is 4.79 Å². The van der Waals surface area contributed by atoms with Crippen molar-refractivity contribution >= 4 is 11.9 Å². The molecule has 0 aliphatic carbocycles. The molecule has 144 valence electrons. The Morgan fingerprint density at radius 3 is 2.62 bits per heavy atom. The zero-order valence-electron chi connectivity index (χ0n) is 16.2. The van der Waals surface area contributed by atoms with Gasteiger partial charge in [0.25, 0.3) is 0 Å². The second-order valence-corrected chi connectivity index (χ2v) is 7.83. The Hall–Kier alpha value is -2.08. The van der Waals surface area contributed by atoms with Crippen molar-refractivity contribution in [3.05, 3.63) is 35.4 Å². The Bertz CT molecular complexity index is 632. The van der Waals surface area contributed by atoms with E-state index in [1.807, 2.05) is 19.1 Å². The minimum absolute atomic E-state index is 0.0807. The van der Waals surface area contributed by atoms with Crippen LogP contribution in [-0.2, 0) is 17.8 Å². The fraction of sp³-hybridized carbons (Fsp3) is 0.600. The van der Waals surface area contributed by atoms with Gasteiger partial charge in [0.15, 0.2) is 0 Å². The van der Waals surface area contributed by atoms with Crippen molar-refractivity contribution in [2.45, 2.75) is 52.1 Å². The molecule has 26 heavy (non-hydrogen) atoms. The molecule has 1 heterocycles. The van der Waals surface area contributed by atoms with Crippen LogP contribution in [0.1, 0.15) is 44.7 Å². The highest BCUT2D eigenvalue weighted by molar-refractivity contribution is 5.79. The first-order chi connectivity index (χ1) is 12.3. The molecule has 0 fully saturated rings. The van der Waals surface area contributed by atoms with E-state index < -0.39 is 5.54 Å². The molecule has 1 aliphatic heterocycles.